The third-order valence-corrected chi connectivity index (χ3v) is 5.20. The van der Waals surface area contributed by atoms with Crippen LogP contribution < -0.4 is 16.0 Å². The SMILES string of the molecule is NS(=O)(=O)c1ccc(CNc2nc3ncc(-c4ccc(F)cc4)nc3c(=O)[nH]2)cc1. The van der Waals surface area contributed by atoms with Crippen LogP contribution in [0.5, 0.6) is 0 Å². The molecule has 2 aromatic heterocycles. The van der Waals surface area contributed by atoms with E-state index in [1.54, 1.807) is 24.3 Å². The third kappa shape index (κ3) is 4.16. The molecule has 4 N–H and O–H groups in total. The second kappa shape index (κ2) is 7.61. The standard InChI is InChI=1S/C19H15FN6O3S/c20-13-5-3-12(4-6-13)15-10-22-17-16(24-15)18(27)26-19(25-17)23-9-11-1-7-14(8-2-11)30(21,28)29/h1-8,10H,9H2,(H2,21,28,29)(H2,22,23,25,26,27). The van der Waals surface area contributed by atoms with Gasteiger partial charge < -0.3 is 5.32 Å². The van der Waals surface area contributed by atoms with Crippen molar-refractivity contribution < 1.29 is 12.8 Å². The fourth-order valence-corrected chi connectivity index (χ4v) is 3.26. The summed E-state index contributed by atoms with van der Waals surface area (Å²) in [6.45, 7) is 0.278. The van der Waals surface area contributed by atoms with E-state index in [2.05, 4.69) is 25.3 Å². The number of aromatic amines is 1. The van der Waals surface area contributed by atoms with Crippen molar-refractivity contribution in [3.05, 3.63) is 76.5 Å². The number of hydrogen-bond acceptors (Lipinski definition) is 7. The van der Waals surface area contributed by atoms with Gasteiger partial charge in [-0.15, -0.1) is 0 Å². The maximum atomic E-state index is 13.1. The van der Waals surface area contributed by atoms with Gasteiger partial charge in [0.2, 0.25) is 16.0 Å². The highest BCUT2D eigenvalue weighted by Gasteiger charge is 2.10. The van der Waals surface area contributed by atoms with Crippen molar-refractivity contribution in [3.63, 3.8) is 0 Å². The van der Waals surface area contributed by atoms with E-state index in [0.29, 0.717) is 11.3 Å². The Kier molecular flexibility index (Phi) is 4.98. The molecule has 152 valence electrons. The minimum Gasteiger partial charge on any atom is -0.352 e. The highest BCUT2D eigenvalue weighted by molar-refractivity contribution is 7.89. The largest absolute Gasteiger partial charge is 0.352 e. The number of primary sulfonamides is 1. The molecule has 9 nitrogen and oxygen atoms in total. The molecule has 0 bridgehead atoms. The van der Waals surface area contributed by atoms with Crippen molar-refractivity contribution >= 4 is 27.1 Å². The molecule has 0 radical (unpaired) electrons. The van der Waals surface area contributed by atoms with E-state index in [1.807, 2.05) is 0 Å². The van der Waals surface area contributed by atoms with Gasteiger partial charge in [-0.2, -0.15) is 4.98 Å². The Balaban J connectivity index is 1.56. The molecule has 11 heteroatoms. The molecule has 0 saturated carbocycles. The summed E-state index contributed by atoms with van der Waals surface area (Å²) in [5, 5.41) is 8.02. The Morgan fingerprint density at radius 1 is 1.03 bits per heavy atom. The summed E-state index contributed by atoms with van der Waals surface area (Å²) in [6, 6.07) is 11.7. The number of nitrogens with two attached hydrogens (primary N) is 1. The van der Waals surface area contributed by atoms with Crippen LogP contribution in [0.25, 0.3) is 22.4 Å². The first-order chi connectivity index (χ1) is 14.3. The van der Waals surface area contributed by atoms with Crippen LogP contribution >= 0.6 is 0 Å². The molecular formula is C19H15FN6O3S. The predicted molar refractivity (Wildman–Crippen MR) is 108 cm³/mol. The fourth-order valence-electron chi connectivity index (χ4n) is 2.74. The zero-order chi connectivity index (χ0) is 21.3. The van der Waals surface area contributed by atoms with Gasteiger partial charge in [-0.1, -0.05) is 12.1 Å². The first-order valence-corrected chi connectivity index (χ1v) is 10.2. The van der Waals surface area contributed by atoms with Crippen LogP contribution in [0.4, 0.5) is 10.3 Å². The van der Waals surface area contributed by atoms with Crippen LogP contribution in [0.3, 0.4) is 0 Å². The normalized spacial score (nSPS) is 11.5. The molecule has 0 amide bonds. The molecule has 0 atom stereocenters. The summed E-state index contributed by atoms with van der Waals surface area (Å²) in [7, 11) is -3.76. The van der Waals surface area contributed by atoms with Crippen LogP contribution in [0.2, 0.25) is 0 Å². The first-order valence-electron chi connectivity index (χ1n) is 8.68. The molecule has 0 aliphatic heterocycles. The van der Waals surface area contributed by atoms with Gasteiger partial charge in [0.25, 0.3) is 5.56 Å². The Bertz CT molecular complexity index is 1390. The van der Waals surface area contributed by atoms with Crippen molar-refractivity contribution in [2.75, 3.05) is 5.32 Å². The Hall–Kier alpha value is -3.70. The lowest BCUT2D eigenvalue weighted by Gasteiger charge is -2.07. The summed E-state index contributed by atoms with van der Waals surface area (Å²) in [5.41, 5.74) is 1.52. The van der Waals surface area contributed by atoms with Gasteiger partial charge in [-0.3, -0.25) is 9.78 Å². The smallest absolute Gasteiger partial charge is 0.280 e. The van der Waals surface area contributed by atoms with Crippen LogP contribution in [-0.2, 0) is 16.6 Å². The zero-order valence-corrected chi connectivity index (χ0v) is 16.1. The van der Waals surface area contributed by atoms with Crippen LogP contribution in [0, 0.1) is 5.82 Å². The lowest BCUT2D eigenvalue weighted by molar-refractivity contribution is 0.597. The molecule has 4 rings (SSSR count). The van der Waals surface area contributed by atoms with Gasteiger partial charge in [-0.05, 0) is 42.0 Å². The summed E-state index contributed by atoms with van der Waals surface area (Å²) in [4.78, 5) is 27.7. The van der Waals surface area contributed by atoms with Crippen LogP contribution in [-0.4, -0.2) is 28.4 Å². The van der Waals surface area contributed by atoms with Gasteiger partial charge in [0.05, 0.1) is 16.8 Å². The number of rotatable bonds is 5. The van der Waals surface area contributed by atoms with Crippen LogP contribution in [0.1, 0.15) is 5.56 Å². The lowest BCUT2D eigenvalue weighted by atomic mass is 10.1. The highest BCUT2D eigenvalue weighted by Crippen LogP contribution is 2.18. The second-order valence-corrected chi connectivity index (χ2v) is 7.95. The molecule has 0 spiro atoms. The van der Waals surface area contributed by atoms with Crippen LogP contribution in [0.15, 0.2) is 64.4 Å². The van der Waals surface area contributed by atoms with E-state index in [4.69, 9.17) is 5.14 Å². The lowest BCUT2D eigenvalue weighted by Crippen LogP contribution is -2.15. The molecule has 0 aliphatic carbocycles. The molecule has 0 saturated heterocycles. The third-order valence-electron chi connectivity index (χ3n) is 4.27. The second-order valence-electron chi connectivity index (χ2n) is 6.39. The van der Waals surface area contributed by atoms with Crippen molar-refractivity contribution in [2.45, 2.75) is 11.4 Å². The molecular weight excluding hydrogens is 411 g/mol. The van der Waals surface area contributed by atoms with E-state index < -0.39 is 15.6 Å². The van der Waals surface area contributed by atoms with Gasteiger partial charge in [0.1, 0.15) is 5.82 Å². The Morgan fingerprint density at radius 2 is 1.73 bits per heavy atom. The average molecular weight is 426 g/mol. The molecule has 4 aromatic rings. The Labute approximate surface area is 169 Å². The predicted octanol–water partition coefficient (Wildman–Crippen LogP) is 1.78. The monoisotopic (exact) mass is 426 g/mol. The minimum absolute atomic E-state index is 0.00993. The number of nitrogens with one attached hydrogen (secondary N) is 2. The summed E-state index contributed by atoms with van der Waals surface area (Å²) in [6.07, 6.45) is 1.46. The quantitative estimate of drug-likeness (QED) is 0.441. The number of H-pyrrole nitrogens is 1. The van der Waals surface area contributed by atoms with Gasteiger partial charge in [0, 0.05) is 12.1 Å². The van der Waals surface area contributed by atoms with Gasteiger partial charge >= 0.3 is 0 Å². The number of benzene rings is 2. The van der Waals surface area contributed by atoms with Crippen molar-refractivity contribution in [1.29, 1.82) is 0 Å². The molecule has 0 fully saturated rings. The fraction of sp³-hybridized carbons (Fsp3) is 0.0526. The van der Waals surface area contributed by atoms with E-state index >= 15 is 0 Å². The van der Waals surface area contributed by atoms with Crippen molar-refractivity contribution in [2.24, 2.45) is 5.14 Å². The van der Waals surface area contributed by atoms with Gasteiger partial charge in [0.15, 0.2) is 11.2 Å². The van der Waals surface area contributed by atoms with Crippen molar-refractivity contribution in [1.82, 2.24) is 19.9 Å². The van der Waals surface area contributed by atoms with E-state index in [1.165, 1.54) is 30.5 Å². The van der Waals surface area contributed by atoms with E-state index in [0.717, 1.165) is 5.56 Å². The Morgan fingerprint density at radius 3 is 2.40 bits per heavy atom. The number of aromatic nitrogens is 4. The minimum atomic E-state index is -3.76. The van der Waals surface area contributed by atoms with Gasteiger partial charge in [-0.25, -0.2) is 27.9 Å². The van der Waals surface area contributed by atoms with E-state index in [-0.39, 0.29) is 34.4 Å². The molecule has 30 heavy (non-hydrogen) atoms. The summed E-state index contributed by atoms with van der Waals surface area (Å²) < 4.78 is 35.7. The number of sulfonamides is 1. The number of fused-ring (bicyclic) bond motifs is 1. The zero-order valence-electron chi connectivity index (χ0n) is 15.3. The number of anilines is 1. The topological polar surface area (TPSA) is 144 Å². The molecule has 0 aliphatic rings. The number of hydrogen-bond donors (Lipinski definition) is 3. The number of nitrogens with zero attached hydrogens (tertiary/aromatic N) is 3. The summed E-state index contributed by atoms with van der Waals surface area (Å²) >= 11 is 0. The first kappa shape index (κ1) is 19.6. The van der Waals surface area contributed by atoms with Crippen molar-refractivity contribution in [3.8, 4) is 11.3 Å². The molecule has 0 unspecified atom stereocenters. The molecule has 2 aromatic carbocycles. The number of halogens is 1. The summed E-state index contributed by atoms with van der Waals surface area (Å²) in [5.74, 6) is -0.186. The maximum Gasteiger partial charge on any atom is 0.280 e. The highest BCUT2D eigenvalue weighted by atomic mass is 32.2. The van der Waals surface area contributed by atoms with E-state index in [9.17, 15) is 17.6 Å². The average Bonchev–Trinajstić information content (AvgIpc) is 2.72. The molecule has 2 heterocycles. The maximum absolute atomic E-state index is 13.1.